The fourth-order valence-corrected chi connectivity index (χ4v) is 13.3. The van der Waals surface area contributed by atoms with Crippen LogP contribution in [0.5, 0.6) is 0 Å². The lowest BCUT2D eigenvalue weighted by molar-refractivity contribution is -0.161. The maximum Gasteiger partial charge on any atom is 0.311 e. The maximum atomic E-state index is 13.9. The van der Waals surface area contributed by atoms with Crippen LogP contribution in [0.4, 0.5) is 0 Å². The SMILES string of the molecule is CC(=O)OC/C=C(\C)C[C@H](C[C@H](C[C@@H](CC/C(C)=C/Cc1ccccc1)O[Si](C)(C)C(C)(C)C)OC(=O)C(C)(C)C)O[Si](c1ccccc1)(c1ccccc1)C(C)(C)C. The Morgan fingerprint density at radius 1 is 0.627 bits per heavy atom. The number of hydrogen-bond acceptors (Lipinski definition) is 6. The molecule has 3 aromatic rings. The lowest BCUT2D eigenvalue weighted by Crippen LogP contribution is -2.67. The summed E-state index contributed by atoms with van der Waals surface area (Å²) in [6.45, 7) is 29.9. The number of rotatable bonds is 20. The van der Waals surface area contributed by atoms with Crippen LogP contribution in [0.1, 0.15) is 121 Å². The molecule has 3 rings (SSSR count). The quantitative estimate of drug-likeness (QED) is 0.0641. The summed E-state index contributed by atoms with van der Waals surface area (Å²) in [6, 6.07) is 31.9. The summed E-state index contributed by atoms with van der Waals surface area (Å²) in [4.78, 5) is 25.6. The van der Waals surface area contributed by atoms with E-state index in [0.717, 1.165) is 24.8 Å². The lowest BCUT2D eigenvalue weighted by Gasteiger charge is -2.46. The van der Waals surface area contributed by atoms with E-state index < -0.39 is 28.2 Å². The number of allylic oxidation sites excluding steroid dienone is 2. The third-order valence-corrected chi connectivity index (χ3v) is 21.3. The number of ether oxygens (including phenoxy) is 2. The summed E-state index contributed by atoms with van der Waals surface area (Å²) in [5.41, 5.74) is 2.96. The van der Waals surface area contributed by atoms with E-state index in [4.69, 9.17) is 18.3 Å². The van der Waals surface area contributed by atoms with Crippen molar-refractivity contribution >= 4 is 38.9 Å². The molecule has 324 valence electrons. The molecule has 6 nitrogen and oxygen atoms in total. The molecule has 3 atom stereocenters. The number of carbonyl (C=O) groups excluding carboxylic acids is 2. The molecule has 0 bridgehead atoms. The van der Waals surface area contributed by atoms with Gasteiger partial charge in [-0.15, -0.1) is 0 Å². The van der Waals surface area contributed by atoms with Gasteiger partial charge in [0.15, 0.2) is 8.32 Å². The molecule has 0 spiro atoms. The van der Waals surface area contributed by atoms with Crippen LogP contribution in [0.2, 0.25) is 23.2 Å². The zero-order valence-electron chi connectivity index (χ0n) is 38.9. The molecule has 0 heterocycles. The highest BCUT2D eigenvalue weighted by Crippen LogP contribution is 2.41. The van der Waals surface area contributed by atoms with Crippen LogP contribution in [-0.2, 0) is 34.3 Å². The van der Waals surface area contributed by atoms with Crippen molar-refractivity contribution in [3.8, 4) is 0 Å². The minimum absolute atomic E-state index is 0.000198. The second-order valence-electron chi connectivity index (χ2n) is 20.0. The first kappa shape index (κ1) is 49.8. The average molecular weight is 841 g/mol. The van der Waals surface area contributed by atoms with E-state index >= 15 is 0 Å². The Labute approximate surface area is 360 Å². The van der Waals surface area contributed by atoms with E-state index in [9.17, 15) is 9.59 Å². The first-order chi connectivity index (χ1) is 27.4. The highest BCUT2D eigenvalue weighted by Gasteiger charge is 2.52. The van der Waals surface area contributed by atoms with Crippen LogP contribution < -0.4 is 10.4 Å². The van der Waals surface area contributed by atoms with Crippen molar-refractivity contribution in [1.29, 1.82) is 0 Å². The summed E-state index contributed by atoms with van der Waals surface area (Å²) in [5, 5.41) is 2.11. The molecule has 0 fully saturated rings. The molecule has 3 aromatic carbocycles. The zero-order valence-corrected chi connectivity index (χ0v) is 40.9. The molecule has 0 aliphatic carbocycles. The average Bonchev–Trinajstić information content (AvgIpc) is 3.14. The van der Waals surface area contributed by atoms with E-state index in [2.05, 4.69) is 166 Å². The first-order valence-corrected chi connectivity index (χ1v) is 26.4. The van der Waals surface area contributed by atoms with Crippen LogP contribution in [0.3, 0.4) is 0 Å². The Balaban J connectivity index is 2.16. The number of esters is 2. The van der Waals surface area contributed by atoms with Gasteiger partial charge in [0.05, 0.1) is 11.5 Å². The summed E-state index contributed by atoms with van der Waals surface area (Å²) in [7, 11) is -5.26. The molecule has 0 aliphatic heterocycles. The molecular formula is C51H76O6Si2. The lowest BCUT2D eigenvalue weighted by atomic mass is 9.95. The summed E-state index contributed by atoms with van der Waals surface area (Å²) in [5.74, 6) is -0.555. The van der Waals surface area contributed by atoms with E-state index in [1.165, 1.54) is 28.4 Å². The minimum atomic E-state index is -3.03. The maximum absolute atomic E-state index is 13.9. The smallest absolute Gasteiger partial charge is 0.311 e. The van der Waals surface area contributed by atoms with Gasteiger partial charge in [-0.2, -0.15) is 0 Å². The van der Waals surface area contributed by atoms with Crippen molar-refractivity contribution in [3.05, 3.63) is 120 Å². The Bertz CT molecular complexity index is 1760. The van der Waals surface area contributed by atoms with E-state index in [1.54, 1.807) is 0 Å². The minimum Gasteiger partial charge on any atom is -0.462 e. The predicted octanol–water partition coefficient (Wildman–Crippen LogP) is 11.9. The van der Waals surface area contributed by atoms with Crippen molar-refractivity contribution in [2.24, 2.45) is 5.41 Å². The molecular weight excluding hydrogens is 765 g/mol. The second kappa shape index (κ2) is 21.8. The number of carbonyl (C=O) groups is 2. The Kier molecular flexibility index (Phi) is 18.4. The third kappa shape index (κ3) is 15.4. The van der Waals surface area contributed by atoms with Gasteiger partial charge in [0, 0.05) is 25.9 Å². The van der Waals surface area contributed by atoms with Crippen LogP contribution in [-0.4, -0.2) is 53.5 Å². The van der Waals surface area contributed by atoms with Crippen LogP contribution in [0, 0.1) is 5.41 Å². The largest absolute Gasteiger partial charge is 0.462 e. The Morgan fingerprint density at radius 3 is 1.61 bits per heavy atom. The summed E-state index contributed by atoms with van der Waals surface area (Å²) < 4.78 is 27.1. The van der Waals surface area contributed by atoms with Gasteiger partial charge >= 0.3 is 11.9 Å². The highest BCUT2D eigenvalue weighted by molar-refractivity contribution is 6.99. The molecule has 8 heteroatoms. The van der Waals surface area contributed by atoms with Gasteiger partial charge in [-0.25, -0.2) is 0 Å². The topological polar surface area (TPSA) is 71.1 Å². The van der Waals surface area contributed by atoms with Crippen molar-refractivity contribution in [3.63, 3.8) is 0 Å². The summed E-state index contributed by atoms with van der Waals surface area (Å²) in [6.07, 6.45) is 7.53. The van der Waals surface area contributed by atoms with Crippen molar-refractivity contribution in [2.75, 3.05) is 6.61 Å². The third-order valence-electron chi connectivity index (χ3n) is 11.6. The molecule has 0 N–H and O–H groups in total. The number of hydrogen-bond donors (Lipinski definition) is 0. The fraction of sp³-hybridized carbons (Fsp3) is 0.529. The molecule has 0 saturated heterocycles. The van der Waals surface area contributed by atoms with Gasteiger partial charge in [-0.1, -0.05) is 150 Å². The van der Waals surface area contributed by atoms with Crippen molar-refractivity contribution < 1.29 is 27.9 Å². The fourth-order valence-electron chi connectivity index (χ4n) is 7.18. The molecule has 0 aliphatic rings. The van der Waals surface area contributed by atoms with Crippen LogP contribution in [0.25, 0.3) is 0 Å². The second-order valence-corrected chi connectivity index (χ2v) is 29.0. The van der Waals surface area contributed by atoms with E-state index in [0.29, 0.717) is 19.3 Å². The van der Waals surface area contributed by atoms with Gasteiger partial charge in [0.25, 0.3) is 8.32 Å². The molecule has 0 amide bonds. The molecule has 0 radical (unpaired) electrons. The summed E-state index contributed by atoms with van der Waals surface area (Å²) >= 11 is 0. The van der Waals surface area contributed by atoms with Crippen LogP contribution in [0.15, 0.2) is 114 Å². The van der Waals surface area contributed by atoms with E-state index in [-0.39, 0.29) is 40.8 Å². The van der Waals surface area contributed by atoms with Gasteiger partial charge in [-0.3, -0.25) is 9.59 Å². The molecule has 0 aromatic heterocycles. The van der Waals surface area contributed by atoms with Crippen molar-refractivity contribution in [2.45, 2.75) is 163 Å². The highest BCUT2D eigenvalue weighted by atomic mass is 28.4. The van der Waals surface area contributed by atoms with Gasteiger partial charge in [0.2, 0.25) is 0 Å². The van der Waals surface area contributed by atoms with Crippen molar-refractivity contribution in [1.82, 2.24) is 0 Å². The number of benzene rings is 3. The normalized spacial score (nSPS) is 15.0. The standard InChI is InChI=1S/C51H76O6Si2/c1-39(30-32-42-24-18-15-19-25-42)31-33-43(56-58(13,14)50(7,8)9)37-44(55-48(53)49(4,5)6)38-45(36-40(2)34-35-54-41(3)52)57-59(51(10,11)12,46-26-20-16-21-27-46)47-28-22-17-23-29-47/h15-30,34,43-45H,31-33,35-38H2,1-14H3/b39-30+,40-34+/t43-,44+,45-/m1/s1. The zero-order chi connectivity index (χ0) is 44.1. The Hall–Kier alpha value is -3.57. The first-order valence-electron chi connectivity index (χ1n) is 21.6. The monoisotopic (exact) mass is 841 g/mol. The molecule has 59 heavy (non-hydrogen) atoms. The van der Waals surface area contributed by atoms with E-state index in [1.807, 2.05) is 26.8 Å². The Morgan fingerprint density at radius 2 is 1.14 bits per heavy atom. The predicted molar refractivity (Wildman–Crippen MR) is 251 cm³/mol. The molecule has 0 saturated carbocycles. The molecule has 0 unspecified atom stereocenters. The van der Waals surface area contributed by atoms with Gasteiger partial charge in [-0.05, 0) is 105 Å². The van der Waals surface area contributed by atoms with Crippen LogP contribution >= 0.6 is 0 Å². The van der Waals surface area contributed by atoms with Gasteiger partial charge < -0.3 is 18.3 Å². The van der Waals surface area contributed by atoms with Gasteiger partial charge in [0.1, 0.15) is 12.7 Å².